The van der Waals surface area contributed by atoms with Gasteiger partial charge >= 0.3 is 0 Å². The Labute approximate surface area is 118 Å². The Hall–Kier alpha value is -1.02. The molecule has 1 rings (SSSR count). The minimum absolute atomic E-state index is 0.140. The Morgan fingerprint density at radius 3 is 2.21 bits per heavy atom. The van der Waals surface area contributed by atoms with Gasteiger partial charge in [0.2, 0.25) is 0 Å². The van der Waals surface area contributed by atoms with Crippen molar-refractivity contribution < 1.29 is 4.74 Å². The van der Waals surface area contributed by atoms with Crippen molar-refractivity contribution in [2.45, 2.75) is 65.5 Å². The zero-order chi connectivity index (χ0) is 14.3. The second kappa shape index (κ2) is 7.54. The number of ether oxygens (including phenoxy) is 1. The molecule has 0 aromatic heterocycles. The van der Waals surface area contributed by atoms with Crippen LogP contribution in [0.3, 0.4) is 0 Å². The molecule has 0 aliphatic heterocycles. The molecule has 0 aliphatic rings. The van der Waals surface area contributed by atoms with Gasteiger partial charge in [-0.2, -0.15) is 0 Å². The molecule has 1 aromatic carbocycles. The molecule has 0 aliphatic carbocycles. The predicted molar refractivity (Wildman–Crippen MR) is 82.9 cm³/mol. The monoisotopic (exact) mass is 263 g/mol. The van der Waals surface area contributed by atoms with E-state index in [1.54, 1.807) is 0 Å². The smallest absolute Gasteiger partial charge is 0.119 e. The highest BCUT2D eigenvalue weighted by Crippen LogP contribution is 2.16. The van der Waals surface area contributed by atoms with E-state index in [1.807, 2.05) is 0 Å². The van der Waals surface area contributed by atoms with Crippen LogP contribution in [0.5, 0.6) is 5.75 Å². The van der Waals surface area contributed by atoms with Crippen molar-refractivity contribution >= 4 is 0 Å². The fourth-order valence-electron chi connectivity index (χ4n) is 1.94. The standard InChI is InChI=1S/C17H29NO/c1-6-8-16(13-18-17(3,4)5)19-15-11-9-14(7-2)10-12-15/h9-12,16,18H,6-8,13H2,1-5H3. The topological polar surface area (TPSA) is 21.3 Å². The highest BCUT2D eigenvalue weighted by Gasteiger charge is 2.14. The summed E-state index contributed by atoms with van der Waals surface area (Å²) in [6, 6.07) is 8.46. The molecule has 0 heterocycles. The molecule has 0 fully saturated rings. The van der Waals surface area contributed by atoms with Crippen LogP contribution in [-0.2, 0) is 6.42 Å². The van der Waals surface area contributed by atoms with Crippen LogP contribution >= 0.6 is 0 Å². The van der Waals surface area contributed by atoms with E-state index in [0.29, 0.717) is 0 Å². The number of rotatable bonds is 7. The molecule has 0 amide bonds. The third-order valence-corrected chi connectivity index (χ3v) is 3.11. The molecule has 1 N–H and O–H groups in total. The Morgan fingerprint density at radius 1 is 1.11 bits per heavy atom. The lowest BCUT2D eigenvalue weighted by Gasteiger charge is -2.26. The molecule has 2 heteroatoms. The zero-order valence-corrected chi connectivity index (χ0v) is 13.1. The summed E-state index contributed by atoms with van der Waals surface area (Å²) in [5.41, 5.74) is 1.49. The van der Waals surface area contributed by atoms with E-state index in [9.17, 15) is 0 Å². The highest BCUT2D eigenvalue weighted by atomic mass is 16.5. The fourth-order valence-corrected chi connectivity index (χ4v) is 1.94. The third-order valence-electron chi connectivity index (χ3n) is 3.11. The lowest BCUT2D eigenvalue weighted by atomic mass is 10.1. The number of nitrogens with one attached hydrogen (secondary N) is 1. The Morgan fingerprint density at radius 2 is 1.74 bits per heavy atom. The van der Waals surface area contributed by atoms with Crippen molar-refractivity contribution in [3.05, 3.63) is 29.8 Å². The summed E-state index contributed by atoms with van der Waals surface area (Å²) in [6.45, 7) is 11.8. The molecule has 1 aromatic rings. The molecule has 108 valence electrons. The lowest BCUT2D eigenvalue weighted by Crippen LogP contribution is -2.42. The average molecular weight is 263 g/mol. The van der Waals surface area contributed by atoms with Crippen LogP contribution in [0.1, 0.15) is 53.0 Å². The van der Waals surface area contributed by atoms with Crippen LogP contribution in [0.15, 0.2) is 24.3 Å². The van der Waals surface area contributed by atoms with Crippen LogP contribution in [0.4, 0.5) is 0 Å². The minimum Gasteiger partial charge on any atom is -0.489 e. The van der Waals surface area contributed by atoms with Crippen LogP contribution in [0.25, 0.3) is 0 Å². The van der Waals surface area contributed by atoms with Crippen molar-refractivity contribution in [1.29, 1.82) is 0 Å². The summed E-state index contributed by atoms with van der Waals surface area (Å²) in [6.07, 6.45) is 3.54. The van der Waals surface area contributed by atoms with Crippen molar-refractivity contribution in [2.75, 3.05) is 6.54 Å². The highest BCUT2D eigenvalue weighted by molar-refractivity contribution is 5.27. The lowest BCUT2D eigenvalue weighted by molar-refractivity contribution is 0.175. The summed E-state index contributed by atoms with van der Waals surface area (Å²) in [4.78, 5) is 0. The Kier molecular flexibility index (Phi) is 6.36. The molecule has 0 saturated carbocycles. The molecule has 19 heavy (non-hydrogen) atoms. The quantitative estimate of drug-likeness (QED) is 0.796. The molecule has 0 bridgehead atoms. The summed E-state index contributed by atoms with van der Waals surface area (Å²) in [7, 11) is 0. The predicted octanol–water partition coefficient (Wildman–Crippen LogP) is 4.18. The summed E-state index contributed by atoms with van der Waals surface area (Å²) in [5.74, 6) is 0.978. The second-order valence-corrected chi connectivity index (χ2v) is 6.16. The zero-order valence-electron chi connectivity index (χ0n) is 13.1. The van der Waals surface area contributed by atoms with E-state index in [0.717, 1.165) is 31.6 Å². The maximum absolute atomic E-state index is 6.09. The van der Waals surface area contributed by atoms with Crippen LogP contribution in [0.2, 0.25) is 0 Å². The Balaban J connectivity index is 2.56. The van der Waals surface area contributed by atoms with E-state index in [4.69, 9.17) is 4.74 Å². The van der Waals surface area contributed by atoms with Gasteiger partial charge in [-0.15, -0.1) is 0 Å². The van der Waals surface area contributed by atoms with Gasteiger partial charge in [0.05, 0.1) is 0 Å². The average Bonchev–Trinajstić information content (AvgIpc) is 2.36. The van der Waals surface area contributed by atoms with E-state index in [-0.39, 0.29) is 11.6 Å². The number of aryl methyl sites for hydroxylation is 1. The number of hydrogen-bond donors (Lipinski definition) is 1. The van der Waals surface area contributed by atoms with Gasteiger partial charge < -0.3 is 10.1 Å². The van der Waals surface area contributed by atoms with Gasteiger partial charge in [-0.05, 0) is 51.3 Å². The van der Waals surface area contributed by atoms with Crippen molar-refractivity contribution in [2.24, 2.45) is 0 Å². The van der Waals surface area contributed by atoms with Gasteiger partial charge in [-0.1, -0.05) is 32.4 Å². The number of benzene rings is 1. The van der Waals surface area contributed by atoms with E-state index >= 15 is 0 Å². The van der Waals surface area contributed by atoms with Gasteiger partial charge in [-0.25, -0.2) is 0 Å². The molecule has 2 nitrogen and oxygen atoms in total. The first kappa shape index (κ1) is 16.0. The van der Waals surface area contributed by atoms with Gasteiger partial charge in [0.1, 0.15) is 11.9 Å². The molecule has 0 spiro atoms. The van der Waals surface area contributed by atoms with E-state index in [2.05, 4.69) is 64.2 Å². The first-order valence-electron chi connectivity index (χ1n) is 7.45. The minimum atomic E-state index is 0.140. The van der Waals surface area contributed by atoms with Crippen molar-refractivity contribution in [3.63, 3.8) is 0 Å². The maximum atomic E-state index is 6.09. The van der Waals surface area contributed by atoms with Crippen molar-refractivity contribution in [1.82, 2.24) is 5.32 Å². The SMILES string of the molecule is CCCC(CNC(C)(C)C)Oc1ccc(CC)cc1. The van der Waals surface area contributed by atoms with E-state index < -0.39 is 0 Å². The molecular formula is C17H29NO. The van der Waals surface area contributed by atoms with Crippen LogP contribution in [0, 0.1) is 0 Å². The normalized spacial score (nSPS) is 13.3. The maximum Gasteiger partial charge on any atom is 0.119 e. The van der Waals surface area contributed by atoms with Crippen molar-refractivity contribution in [3.8, 4) is 5.75 Å². The largest absolute Gasteiger partial charge is 0.489 e. The summed E-state index contributed by atoms with van der Waals surface area (Å²) >= 11 is 0. The molecule has 0 saturated heterocycles. The molecule has 0 radical (unpaired) electrons. The summed E-state index contributed by atoms with van der Waals surface area (Å²) < 4.78 is 6.09. The Bertz CT molecular complexity index is 351. The first-order valence-corrected chi connectivity index (χ1v) is 7.45. The second-order valence-electron chi connectivity index (χ2n) is 6.16. The fraction of sp³-hybridized carbons (Fsp3) is 0.647. The van der Waals surface area contributed by atoms with E-state index in [1.165, 1.54) is 5.56 Å². The first-order chi connectivity index (χ1) is 8.94. The van der Waals surface area contributed by atoms with Gasteiger partial charge in [0.15, 0.2) is 0 Å². The van der Waals surface area contributed by atoms with Gasteiger partial charge in [0, 0.05) is 12.1 Å². The molecular weight excluding hydrogens is 234 g/mol. The third kappa shape index (κ3) is 6.63. The van der Waals surface area contributed by atoms with Gasteiger partial charge in [-0.3, -0.25) is 0 Å². The number of hydrogen-bond acceptors (Lipinski definition) is 2. The van der Waals surface area contributed by atoms with Crippen LogP contribution < -0.4 is 10.1 Å². The summed E-state index contributed by atoms with van der Waals surface area (Å²) in [5, 5.41) is 3.52. The van der Waals surface area contributed by atoms with Crippen LogP contribution in [-0.4, -0.2) is 18.2 Å². The molecule has 1 atom stereocenters. The molecule has 1 unspecified atom stereocenters. The van der Waals surface area contributed by atoms with Gasteiger partial charge in [0.25, 0.3) is 0 Å².